The van der Waals surface area contributed by atoms with Crippen molar-refractivity contribution in [1.82, 2.24) is 0 Å². The Bertz CT molecular complexity index is 358. The summed E-state index contributed by atoms with van der Waals surface area (Å²) in [6, 6.07) is 0. The third-order valence-corrected chi connectivity index (χ3v) is 4.59. The number of aliphatic hydroxyl groups is 3. The van der Waals surface area contributed by atoms with Gasteiger partial charge in [0.05, 0.1) is 19.8 Å². The number of esters is 1. The number of ether oxygens (including phenoxy) is 3. The first-order valence-corrected chi connectivity index (χ1v) is 9.99. The molecule has 1 fully saturated rings. The summed E-state index contributed by atoms with van der Waals surface area (Å²) < 4.78 is 15.8. The molecular weight excluding hydrogens is 340 g/mol. The summed E-state index contributed by atoms with van der Waals surface area (Å²) in [5.74, 6) is -0.457. The van der Waals surface area contributed by atoms with Crippen LogP contribution in [0.3, 0.4) is 0 Å². The van der Waals surface area contributed by atoms with Gasteiger partial charge in [0.25, 0.3) is 0 Å². The Hall–Kier alpha value is -0.730. The van der Waals surface area contributed by atoms with Gasteiger partial charge in [0, 0.05) is 6.42 Å². The molecule has 7 nitrogen and oxygen atoms in total. The minimum absolute atomic E-state index is 0.251. The molecule has 0 unspecified atom stereocenters. The zero-order valence-corrected chi connectivity index (χ0v) is 16.0. The SMILES string of the molecule is CCCCCCCCCCCC(=O)O[C@@H](C1OCCO1)[C@@H](O)[C@H](O)CO. The van der Waals surface area contributed by atoms with E-state index in [2.05, 4.69) is 6.92 Å². The number of hydrogen-bond acceptors (Lipinski definition) is 7. The van der Waals surface area contributed by atoms with Gasteiger partial charge in [0.1, 0.15) is 12.2 Å². The number of hydrogen-bond donors (Lipinski definition) is 3. The van der Waals surface area contributed by atoms with Gasteiger partial charge in [0.2, 0.25) is 0 Å². The number of carbonyl (C=O) groups is 1. The monoisotopic (exact) mass is 376 g/mol. The second-order valence-corrected chi connectivity index (χ2v) is 6.88. The van der Waals surface area contributed by atoms with E-state index in [1.807, 2.05) is 0 Å². The van der Waals surface area contributed by atoms with Crippen molar-refractivity contribution in [3.8, 4) is 0 Å². The van der Waals surface area contributed by atoms with E-state index in [9.17, 15) is 15.0 Å². The molecule has 26 heavy (non-hydrogen) atoms. The molecule has 0 bridgehead atoms. The van der Waals surface area contributed by atoms with Gasteiger partial charge in [-0.3, -0.25) is 4.79 Å². The van der Waals surface area contributed by atoms with Gasteiger partial charge in [0.15, 0.2) is 12.4 Å². The van der Waals surface area contributed by atoms with Crippen LogP contribution in [0.5, 0.6) is 0 Å². The van der Waals surface area contributed by atoms with E-state index in [0.29, 0.717) is 13.2 Å². The molecule has 0 saturated carbocycles. The quantitative estimate of drug-likeness (QED) is 0.296. The van der Waals surface area contributed by atoms with Crippen LogP contribution < -0.4 is 0 Å². The first-order valence-electron chi connectivity index (χ1n) is 9.99. The van der Waals surface area contributed by atoms with Crippen molar-refractivity contribution in [2.75, 3.05) is 19.8 Å². The van der Waals surface area contributed by atoms with E-state index in [4.69, 9.17) is 19.3 Å². The van der Waals surface area contributed by atoms with Crippen molar-refractivity contribution in [3.05, 3.63) is 0 Å². The summed E-state index contributed by atoms with van der Waals surface area (Å²) >= 11 is 0. The molecule has 3 atom stereocenters. The van der Waals surface area contributed by atoms with Crippen LogP contribution in [-0.4, -0.2) is 65.7 Å². The summed E-state index contributed by atoms with van der Waals surface area (Å²) in [5, 5.41) is 28.7. The Morgan fingerprint density at radius 3 is 2.08 bits per heavy atom. The third-order valence-electron chi connectivity index (χ3n) is 4.59. The molecule has 1 heterocycles. The van der Waals surface area contributed by atoms with E-state index in [-0.39, 0.29) is 6.42 Å². The van der Waals surface area contributed by atoms with E-state index in [1.54, 1.807) is 0 Å². The zero-order valence-electron chi connectivity index (χ0n) is 16.0. The fourth-order valence-electron chi connectivity index (χ4n) is 2.97. The van der Waals surface area contributed by atoms with Crippen molar-refractivity contribution in [3.63, 3.8) is 0 Å². The lowest BCUT2D eigenvalue weighted by molar-refractivity contribution is -0.204. The van der Waals surface area contributed by atoms with Crippen LogP contribution in [0.4, 0.5) is 0 Å². The molecule has 154 valence electrons. The Labute approximate surface area is 156 Å². The summed E-state index contributed by atoms with van der Waals surface area (Å²) in [4.78, 5) is 12.0. The second kappa shape index (κ2) is 14.3. The summed E-state index contributed by atoms with van der Waals surface area (Å²) in [7, 11) is 0. The molecule has 0 spiro atoms. The highest BCUT2D eigenvalue weighted by molar-refractivity contribution is 5.69. The summed E-state index contributed by atoms with van der Waals surface area (Å²) in [5.41, 5.74) is 0. The maximum Gasteiger partial charge on any atom is 0.306 e. The van der Waals surface area contributed by atoms with Crippen molar-refractivity contribution in [2.45, 2.75) is 95.7 Å². The lowest BCUT2D eigenvalue weighted by Crippen LogP contribution is -2.48. The van der Waals surface area contributed by atoms with E-state index in [0.717, 1.165) is 19.3 Å². The van der Waals surface area contributed by atoms with Crippen LogP contribution >= 0.6 is 0 Å². The predicted octanol–water partition coefficient (Wildman–Crippen LogP) is 1.91. The molecule has 0 amide bonds. The molecular formula is C19H36O7. The number of unbranched alkanes of at least 4 members (excludes halogenated alkanes) is 8. The van der Waals surface area contributed by atoms with Crippen molar-refractivity contribution >= 4 is 5.97 Å². The molecule has 0 aromatic heterocycles. The standard InChI is InChI=1S/C19H36O7/c1-2-3-4-5-6-7-8-9-10-11-16(22)26-18(17(23)15(21)14-20)19-24-12-13-25-19/h15,17-21,23H,2-14H2,1H3/t15-,17+,18-/m1/s1. The first kappa shape index (κ1) is 23.3. The van der Waals surface area contributed by atoms with Crippen LogP contribution in [0.25, 0.3) is 0 Å². The Balaban J connectivity index is 2.22. The zero-order chi connectivity index (χ0) is 19.2. The van der Waals surface area contributed by atoms with Gasteiger partial charge in [-0.05, 0) is 6.42 Å². The van der Waals surface area contributed by atoms with Crippen molar-refractivity contribution < 1.29 is 34.3 Å². The molecule has 1 rings (SSSR count). The van der Waals surface area contributed by atoms with Crippen LogP contribution in [0.2, 0.25) is 0 Å². The summed E-state index contributed by atoms with van der Waals surface area (Å²) in [6.45, 7) is 2.23. The topological polar surface area (TPSA) is 105 Å². The predicted molar refractivity (Wildman–Crippen MR) is 96.5 cm³/mol. The van der Waals surface area contributed by atoms with E-state index >= 15 is 0 Å². The second-order valence-electron chi connectivity index (χ2n) is 6.88. The highest BCUT2D eigenvalue weighted by Gasteiger charge is 2.39. The van der Waals surface area contributed by atoms with Crippen LogP contribution in [0.1, 0.15) is 71.1 Å². The lowest BCUT2D eigenvalue weighted by atomic mass is 10.1. The highest BCUT2D eigenvalue weighted by Crippen LogP contribution is 2.19. The van der Waals surface area contributed by atoms with Gasteiger partial charge in [-0.2, -0.15) is 0 Å². The fraction of sp³-hybridized carbons (Fsp3) is 0.947. The average Bonchev–Trinajstić information content (AvgIpc) is 3.18. The van der Waals surface area contributed by atoms with Crippen molar-refractivity contribution in [1.29, 1.82) is 0 Å². The molecule has 1 saturated heterocycles. The molecule has 3 N–H and O–H groups in total. The van der Waals surface area contributed by atoms with Crippen LogP contribution in [0, 0.1) is 0 Å². The minimum Gasteiger partial charge on any atom is -0.454 e. The molecule has 0 radical (unpaired) electrons. The van der Waals surface area contributed by atoms with Gasteiger partial charge in [-0.25, -0.2) is 0 Å². The molecule has 1 aliphatic rings. The molecule has 1 aliphatic heterocycles. The maximum atomic E-state index is 12.0. The Morgan fingerprint density at radius 1 is 1.00 bits per heavy atom. The molecule has 0 aliphatic carbocycles. The molecule has 7 heteroatoms. The van der Waals surface area contributed by atoms with Gasteiger partial charge in [-0.1, -0.05) is 58.3 Å². The Morgan fingerprint density at radius 2 is 1.54 bits per heavy atom. The Kier molecular flexibility index (Phi) is 12.9. The average molecular weight is 376 g/mol. The normalized spacial score (nSPS) is 18.6. The largest absolute Gasteiger partial charge is 0.454 e. The first-order chi connectivity index (χ1) is 12.6. The van der Waals surface area contributed by atoms with E-state index in [1.165, 1.54) is 38.5 Å². The number of aliphatic hydroxyl groups excluding tert-OH is 3. The third kappa shape index (κ3) is 9.28. The highest BCUT2D eigenvalue weighted by atomic mass is 16.7. The molecule has 0 aromatic rings. The maximum absolute atomic E-state index is 12.0. The smallest absolute Gasteiger partial charge is 0.306 e. The molecule has 0 aromatic carbocycles. The van der Waals surface area contributed by atoms with Gasteiger partial charge >= 0.3 is 5.97 Å². The van der Waals surface area contributed by atoms with Crippen LogP contribution in [-0.2, 0) is 19.0 Å². The summed E-state index contributed by atoms with van der Waals surface area (Å²) in [6.07, 6.45) is 5.67. The fourth-order valence-corrected chi connectivity index (χ4v) is 2.97. The minimum atomic E-state index is -1.46. The number of carbonyl (C=O) groups excluding carboxylic acids is 1. The van der Waals surface area contributed by atoms with Crippen molar-refractivity contribution in [2.24, 2.45) is 0 Å². The van der Waals surface area contributed by atoms with Crippen LogP contribution in [0.15, 0.2) is 0 Å². The van der Waals surface area contributed by atoms with Gasteiger partial charge in [-0.15, -0.1) is 0 Å². The number of rotatable bonds is 15. The lowest BCUT2D eigenvalue weighted by Gasteiger charge is -2.29. The van der Waals surface area contributed by atoms with Gasteiger partial charge < -0.3 is 29.5 Å². The van der Waals surface area contributed by atoms with E-state index < -0.39 is 37.2 Å².